The van der Waals surface area contributed by atoms with Crippen molar-refractivity contribution in [1.82, 2.24) is 0 Å². The van der Waals surface area contributed by atoms with Crippen LogP contribution in [0.2, 0.25) is 10.0 Å². The number of halogens is 2. The SMILES string of the molecule is Cc1cc(C(C#N)c2ccc(Cl)cc2)c(Cl)cc1NC(=O)CCc1ccccc1. The summed E-state index contributed by atoms with van der Waals surface area (Å²) in [6, 6.07) is 22.9. The zero-order valence-corrected chi connectivity index (χ0v) is 17.5. The first-order chi connectivity index (χ1) is 14.0. The molecule has 146 valence electrons. The van der Waals surface area contributed by atoms with Gasteiger partial charge in [0, 0.05) is 22.2 Å². The van der Waals surface area contributed by atoms with Crippen LogP contribution in [0, 0.1) is 18.3 Å². The fraction of sp³-hybridized carbons (Fsp3) is 0.167. The van der Waals surface area contributed by atoms with E-state index in [2.05, 4.69) is 11.4 Å². The molecule has 5 heteroatoms. The molecule has 0 aliphatic carbocycles. The second-order valence-electron chi connectivity index (χ2n) is 6.84. The Morgan fingerprint density at radius 3 is 2.41 bits per heavy atom. The van der Waals surface area contributed by atoms with Crippen LogP contribution in [0.25, 0.3) is 0 Å². The highest BCUT2D eigenvalue weighted by molar-refractivity contribution is 6.32. The molecule has 0 radical (unpaired) electrons. The first kappa shape index (κ1) is 20.9. The van der Waals surface area contributed by atoms with Crippen molar-refractivity contribution in [3.8, 4) is 6.07 Å². The van der Waals surface area contributed by atoms with E-state index in [0.29, 0.717) is 34.1 Å². The summed E-state index contributed by atoms with van der Waals surface area (Å²) in [5, 5.41) is 13.7. The van der Waals surface area contributed by atoms with Crippen LogP contribution in [-0.2, 0) is 11.2 Å². The maximum Gasteiger partial charge on any atom is 0.224 e. The molecular weight excluding hydrogens is 403 g/mol. The number of rotatable bonds is 6. The predicted molar refractivity (Wildman–Crippen MR) is 118 cm³/mol. The molecule has 3 aromatic rings. The summed E-state index contributed by atoms with van der Waals surface area (Å²) in [7, 11) is 0. The van der Waals surface area contributed by atoms with Crippen LogP contribution in [0.1, 0.15) is 34.6 Å². The summed E-state index contributed by atoms with van der Waals surface area (Å²) in [4.78, 5) is 12.4. The molecule has 3 aromatic carbocycles. The third-order valence-electron chi connectivity index (χ3n) is 4.74. The number of nitrogens with zero attached hydrogens (tertiary/aromatic N) is 1. The molecule has 3 nitrogen and oxygen atoms in total. The van der Waals surface area contributed by atoms with Gasteiger partial charge < -0.3 is 5.32 Å². The number of carbonyl (C=O) groups is 1. The van der Waals surface area contributed by atoms with Crippen molar-refractivity contribution in [2.75, 3.05) is 5.32 Å². The molecule has 0 bridgehead atoms. The van der Waals surface area contributed by atoms with Gasteiger partial charge in [0.25, 0.3) is 0 Å². The molecule has 0 aromatic heterocycles. The maximum atomic E-state index is 12.4. The van der Waals surface area contributed by atoms with E-state index in [1.165, 1.54) is 0 Å². The lowest BCUT2D eigenvalue weighted by Gasteiger charge is -2.16. The van der Waals surface area contributed by atoms with Crippen LogP contribution in [0.5, 0.6) is 0 Å². The Balaban J connectivity index is 1.75. The van der Waals surface area contributed by atoms with E-state index in [9.17, 15) is 10.1 Å². The number of carbonyl (C=O) groups excluding carboxylic acids is 1. The van der Waals surface area contributed by atoms with E-state index in [1.54, 1.807) is 18.2 Å². The van der Waals surface area contributed by atoms with Crippen LogP contribution >= 0.6 is 23.2 Å². The van der Waals surface area contributed by atoms with Crippen molar-refractivity contribution in [2.45, 2.75) is 25.7 Å². The Morgan fingerprint density at radius 1 is 1.07 bits per heavy atom. The second-order valence-corrected chi connectivity index (χ2v) is 7.68. The van der Waals surface area contributed by atoms with Crippen molar-refractivity contribution in [3.05, 3.63) is 99.0 Å². The van der Waals surface area contributed by atoms with E-state index in [-0.39, 0.29) is 5.91 Å². The van der Waals surface area contributed by atoms with Gasteiger partial charge >= 0.3 is 0 Å². The molecule has 0 heterocycles. The lowest BCUT2D eigenvalue weighted by atomic mass is 9.91. The summed E-state index contributed by atoms with van der Waals surface area (Å²) < 4.78 is 0. The number of benzene rings is 3. The van der Waals surface area contributed by atoms with Crippen LogP contribution in [0.4, 0.5) is 5.69 Å². The first-order valence-electron chi connectivity index (χ1n) is 9.27. The average Bonchev–Trinajstić information content (AvgIpc) is 2.72. The highest BCUT2D eigenvalue weighted by Gasteiger charge is 2.19. The lowest BCUT2D eigenvalue weighted by Crippen LogP contribution is -2.13. The molecule has 3 rings (SSSR count). The number of nitriles is 1. The van der Waals surface area contributed by atoms with E-state index < -0.39 is 5.92 Å². The summed E-state index contributed by atoms with van der Waals surface area (Å²) in [6.07, 6.45) is 1.05. The van der Waals surface area contributed by atoms with Gasteiger partial charge in [-0.05, 0) is 53.8 Å². The monoisotopic (exact) mass is 422 g/mol. The molecule has 0 aliphatic heterocycles. The maximum absolute atomic E-state index is 12.4. The quantitative estimate of drug-likeness (QED) is 0.490. The molecule has 1 unspecified atom stereocenters. The number of hydrogen-bond acceptors (Lipinski definition) is 2. The molecule has 0 saturated carbocycles. The summed E-state index contributed by atoms with van der Waals surface area (Å²) >= 11 is 12.4. The van der Waals surface area contributed by atoms with Gasteiger partial charge in [-0.3, -0.25) is 4.79 Å². The minimum absolute atomic E-state index is 0.0738. The molecule has 0 fully saturated rings. The second kappa shape index (κ2) is 9.60. The average molecular weight is 423 g/mol. The van der Waals surface area contributed by atoms with Crippen molar-refractivity contribution in [2.24, 2.45) is 0 Å². The van der Waals surface area contributed by atoms with Gasteiger partial charge in [0.15, 0.2) is 0 Å². The standard InChI is InChI=1S/C24H20Cl2N2O/c1-16-13-20(21(15-27)18-8-10-19(25)11-9-18)22(26)14-23(16)28-24(29)12-7-17-5-3-2-4-6-17/h2-6,8-11,13-14,21H,7,12H2,1H3,(H,28,29). The van der Waals surface area contributed by atoms with Crippen molar-refractivity contribution >= 4 is 34.8 Å². The number of aryl methyl sites for hydroxylation is 2. The zero-order valence-electron chi connectivity index (χ0n) is 16.0. The van der Waals surface area contributed by atoms with Gasteiger partial charge in [-0.2, -0.15) is 5.26 Å². The first-order valence-corrected chi connectivity index (χ1v) is 10.0. The highest BCUT2D eigenvalue weighted by Crippen LogP contribution is 2.34. The van der Waals surface area contributed by atoms with Crippen LogP contribution in [-0.4, -0.2) is 5.91 Å². The van der Waals surface area contributed by atoms with Crippen molar-refractivity contribution in [1.29, 1.82) is 5.26 Å². The van der Waals surface area contributed by atoms with Gasteiger partial charge in [-0.15, -0.1) is 0 Å². The van der Waals surface area contributed by atoms with Crippen LogP contribution in [0.3, 0.4) is 0 Å². The predicted octanol–water partition coefficient (Wildman–Crippen LogP) is 6.53. The topological polar surface area (TPSA) is 52.9 Å². The van der Waals surface area contributed by atoms with E-state index >= 15 is 0 Å². The van der Waals surface area contributed by atoms with Gasteiger partial charge in [0.1, 0.15) is 0 Å². The van der Waals surface area contributed by atoms with Crippen LogP contribution in [0.15, 0.2) is 66.7 Å². The fourth-order valence-corrected chi connectivity index (χ4v) is 3.55. The van der Waals surface area contributed by atoms with E-state index in [0.717, 1.165) is 16.7 Å². The Morgan fingerprint density at radius 2 is 1.76 bits per heavy atom. The highest BCUT2D eigenvalue weighted by atomic mass is 35.5. The largest absolute Gasteiger partial charge is 0.326 e. The van der Waals surface area contributed by atoms with E-state index in [4.69, 9.17) is 23.2 Å². The molecule has 1 N–H and O–H groups in total. The minimum atomic E-state index is -0.513. The number of amides is 1. The fourth-order valence-electron chi connectivity index (χ4n) is 3.15. The number of hydrogen-bond donors (Lipinski definition) is 1. The Hall–Kier alpha value is -2.80. The summed E-state index contributed by atoms with van der Waals surface area (Å²) in [6.45, 7) is 1.89. The summed E-state index contributed by atoms with van der Waals surface area (Å²) in [5.41, 5.74) is 4.15. The Labute approximate surface area is 180 Å². The van der Waals surface area contributed by atoms with Crippen molar-refractivity contribution < 1.29 is 4.79 Å². The Kier molecular flexibility index (Phi) is 6.93. The van der Waals surface area contributed by atoms with Gasteiger partial charge in [0.05, 0.1) is 12.0 Å². The van der Waals surface area contributed by atoms with E-state index in [1.807, 2.05) is 55.5 Å². The molecule has 0 aliphatic rings. The molecule has 0 saturated heterocycles. The smallest absolute Gasteiger partial charge is 0.224 e. The molecule has 1 atom stereocenters. The van der Waals surface area contributed by atoms with Crippen LogP contribution < -0.4 is 5.32 Å². The number of nitrogens with one attached hydrogen (secondary N) is 1. The summed E-state index contributed by atoms with van der Waals surface area (Å²) in [5.74, 6) is -0.586. The van der Waals surface area contributed by atoms with Gasteiger partial charge in [-0.1, -0.05) is 71.7 Å². The third-order valence-corrected chi connectivity index (χ3v) is 5.32. The normalized spacial score (nSPS) is 11.5. The third kappa shape index (κ3) is 5.38. The molecule has 29 heavy (non-hydrogen) atoms. The van der Waals surface area contributed by atoms with Gasteiger partial charge in [0.2, 0.25) is 5.91 Å². The van der Waals surface area contributed by atoms with Gasteiger partial charge in [-0.25, -0.2) is 0 Å². The molecule has 1 amide bonds. The molecule has 0 spiro atoms. The molecular formula is C24H20Cl2N2O. The lowest BCUT2D eigenvalue weighted by molar-refractivity contribution is -0.116. The minimum Gasteiger partial charge on any atom is -0.326 e. The number of anilines is 1. The Bertz CT molecular complexity index is 1040. The zero-order chi connectivity index (χ0) is 20.8. The van der Waals surface area contributed by atoms with Crippen molar-refractivity contribution in [3.63, 3.8) is 0 Å².